The van der Waals surface area contributed by atoms with E-state index >= 15 is 0 Å². The van der Waals surface area contributed by atoms with Crippen LogP contribution >= 0.6 is 0 Å². The summed E-state index contributed by atoms with van der Waals surface area (Å²) in [6, 6.07) is 6.20. The number of aryl methyl sites for hydroxylation is 2. The maximum absolute atomic E-state index is 12.9. The van der Waals surface area contributed by atoms with E-state index in [1.54, 1.807) is 0 Å². The standard InChI is InChI=1S/C10H12F/c1-3-8-5-6-10(11)9(4-2)7-8/h6-7H,3-4H2,1-2H3. The fourth-order valence-electron chi connectivity index (χ4n) is 1.04. The lowest BCUT2D eigenvalue weighted by Gasteiger charge is -2.01. The van der Waals surface area contributed by atoms with E-state index < -0.39 is 0 Å². The monoisotopic (exact) mass is 151 g/mol. The first kappa shape index (κ1) is 8.25. The lowest BCUT2D eigenvalue weighted by atomic mass is 10.1. The Hall–Kier alpha value is -0.850. The van der Waals surface area contributed by atoms with Gasteiger partial charge in [-0.3, -0.25) is 0 Å². The molecule has 0 aliphatic heterocycles. The minimum absolute atomic E-state index is 0.135. The molecule has 1 aromatic carbocycles. The molecular formula is C10H12F. The Balaban J connectivity index is 3.02. The number of hydrogen-bond donors (Lipinski definition) is 0. The Bertz CT molecular complexity index is 241. The van der Waals surface area contributed by atoms with Crippen LogP contribution in [0, 0.1) is 11.9 Å². The van der Waals surface area contributed by atoms with Crippen LogP contribution in [0.25, 0.3) is 0 Å². The zero-order chi connectivity index (χ0) is 8.27. The second kappa shape index (κ2) is 3.51. The van der Waals surface area contributed by atoms with Crippen molar-refractivity contribution in [2.24, 2.45) is 0 Å². The highest BCUT2D eigenvalue weighted by Crippen LogP contribution is 2.10. The topological polar surface area (TPSA) is 0 Å². The lowest BCUT2D eigenvalue weighted by molar-refractivity contribution is 0.611. The molecule has 0 nitrogen and oxygen atoms in total. The van der Waals surface area contributed by atoms with Gasteiger partial charge in [0.15, 0.2) is 0 Å². The molecule has 0 spiro atoms. The van der Waals surface area contributed by atoms with Crippen molar-refractivity contribution in [2.45, 2.75) is 26.7 Å². The van der Waals surface area contributed by atoms with Crippen LogP contribution in [0.4, 0.5) is 4.39 Å². The van der Waals surface area contributed by atoms with Gasteiger partial charge in [0.2, 0.25) is 0 Å². The molecule has 0 aromatic heterocycles. The summed E-state index contributed by atoms with van der Waals surface area (Å²) >= 11 is 0. The SMILES string of the molecule is CCc1[c]cc(F)c(CC)c1. The van der Waals surface area contributed by atoms with Crippen molar-refractivity contribution in [3.63, 3.8) is 0 Å². The summed E-state index contributed by atoms with van der Waals surface area (Å²) in [5.41, 5.74) is 1.88. The molecule has 0 saturated carbocycles. The average Bonchev–Trinajstić information content (AvgIpc) is 2.05. The van der Waals surface area contributed by atoms with Crippen molar-refractivity contribution >= 4 is 0 Å². The first-order chi connectivity index (χ1) is 5.27. The summed E-state index contributed by atoms with van der Waals surface area (Å²) in [4.78, 5) is 0. The number of benzene rings is 1. The Morgan fingerprint density at radius 3 is 2.64 bits per heavy atom. The lowest BCUT2D eigenvalue weighted by Crippen LogP contribution is -1.90. The largest absolute Gasteiger partial charge is 0.207 e. The summed E-state index contributed by atoms with van der Waals surface area (Å²) in [7, 11) is 0. The molecule has 0 saturated heterocycles. The third-order valence-corrected chi connectivity index (χ3v) is 1.80. The zero-order valence-electron chi connectivity index (χ0n) is 6.95. The molecule has 0 aliphatic carbocycles. The molecule has 59 valence electrons. The predicted molar refractivity (Wildman–Crippen MR) is 44.0 cm³/mol. The Morgan fingerprint density at radius 1 is 1.36 bits per heavy atom. The number of halogens is 1. The molecule has 0 atom stereocenters. The summed E-state index contributed by atoms with van der Waals surface area (Å²) in [5.74, 6) is -0.135. The first-order valence-electron chi connectivity index (χ1n) is 3.97. The Morgan fingerprint density at radius 2 is 2.09 bits per heavy atom. The van der Waals surface area contributed by atoms with E-state index in [-0.39, 0.29) is 5.82 Å². The van der Waals surface area contributed by atoms with Crippen LogP contribution in [0.3, 0.4) is 0 Å². The molecule has 0 heterocycles. The average molecular weight is 151 g/mol. The van der Waals surface area contributed by atoms with E-state index in [0.717, 1.165) is 24.0 Å². The van der Waals surface area contributed by atoms with Crippen molar-refractivity contribution < 1.29 is 4.39 Å². The normalized spacial score (nSPS) is 10.1. The summed E-state index contributed by atoms with van der Waals surface area (Å²) in [5, 5.41) is 0. The Kier molecular flexibility index (Phi) is 2.64. The third kappa shape index (κ3) is 1.79. The maximum atomic E-state index is 12.9. The number of rotatable bonds is 2. The fraction of sp³-hybridized carbons (Fsp3) is 0.400. The van der Waals surface area contributed by atoms with Gasteiger partial charge in [0.25, 0.3) is 0 Å². The second-order valence-corrected chi connectivity index (χ2v) is 2.54. The minimum Gasteiger partial charge on any atom is -0.207 e. The van der Waals surface area contributed by atoms with Gasteiger partial charge >= 0.3 is 0 Å². The van der Waals surface area contributed by atoms with Crippen molar-refractivity contribution in [1.29, 1.82) is 0 Å². The quantitative estimate of drug-likeness (QED) is 0.609. The molecule has 0 fully saturated rings. The van der Waals surface area contributed by atoms with E-state index in [1.165, 1.54) is 6.07 Å². The van der Waals surface area contributed by atoms with E-state index in [1.807, 2.05) is 19.9 Å². The predicted octanol–water partition coefficient (Wildman–Crippen LogP) is 2.75. The highest BCUT2D eigenvalue weighted by Gasteiger charge is 1.99. The molecule has 1 radical (unpaired) electrons. The fourth-order valence-corrected chi connectivity index (χ4v) is 1.04. The summed E-state index contributed by atoms with van der Waals surface area (Å²) in [6.45, 7) is 4.00. The zero-order valence-corrected chi connectivity index (χ0v) is 6.95. The van der Waals surface area contributed by atoms with Crippen LogP contribution in [0.2, 0.25) is 0 Å². The van der Waals surface area contributed by atoms with Gasteiger partial charge in [-0.25, -0.2) is 4.39 Å². The van der Waals surface area contributed by atoms with Crippen molar-refractivity contribution in [2.75, 3.05) is 0 Å². The number of hydrogen-bond acceptors (Lipinski definition) is 0. The molecule has 1 heteroatoms. The van der Waals surface area contributed by atoms with Gasteiger partial charge in [-0.15, -0.1) is 0 Å². The van der Waals surface area contributed by atoms with Gasteiger partial charge in [-0.05, 0) is 36.1 Å². The smallest absolute Gasteiger partial charge is 0.127 e. The van der Waals surface area contributed by atoms with Crippen molar-refractivity contribution in [3.05, 3.63) is 35.1 Å². The van der Waals surface area contributed by atoms with Gasteiger partial charge < -0.3 is 0 Å². The second-order valence-electron chi connectivity index (χ2n) is 2.54. The van der Waals surface area contributed by atoms with Crippen LogP contribution in [-0.4, -0.2) is 0 Å². The van der Waals surface area contributed by atoms with Crippen LogP contribution in [0.5, 0.6) is 0 Å². The van der Waals surface area contributed by atoms with Crippen LogP contribution in [0.15, 0.2) is 12.1 Å². The molecule has 0 amide bonds. The van der Waals surface area contributed by atoms with Gasteiger partial charge in [-0.1, -0.05) is 19.9 Å². The van der Waals surface area contributed by atoms with Crippen molar-refractivity contribution in [1.82, 2.24) is 0 Å². The van der Waals surface area contributed by atoms with Crippen molar-refractivity contribution in [3.8, 4) is 0 Å². The molecule has 1 rings (SSSR count). The Labute approximate surface area is 67.1 Å². The first-order valence-corrected chi connectivity index (χ1v) is 3.97. The highest BCUT2D eigenvalue weighted by atomic mass is 19.1. The van der Waals surface area contributed by atoms with Crippen LogP contribution < -0.4 is 0 Å². The van der Waals surface area contributed by atoms with Gasteiger partial charge in [0.05, 0.1) is 0 Å². The van der Waals surface area contributed by atoms with Crippen LogP contribution in [0.1, 0.15) is 25.0 Å². The van der Waals surface area contributed by atoms with Crippen LogP contribution in [-0.2, 0) is 12.8 Å². The molecule has 0 aliphatic rings. The molecule has 1 aromatic rings. The van der Waals surface area contributed by atoms with Gasteiger partial charge in [-0.2, -0.15) is 0 Å². The van der Waals surface area contributed by atoms with E-state index in [9.17, 15) is 4.39 Å². The highest BCUT2D eigenvalue weighted by molar-refractivity contribution is 5.23. The van der Waals surface area contributed by atoms with Gasteiger partial charge in [0.1, 0.15) is 5.82 Å². The third-order valence-electron chi connectivity index (χ3n) is 1.80. The molecule has 11 heavy (non-hydrogen) atoms. The minimum atomic E-state index is -0.135. The molecule has 0 bridgehead atoms. The maximum Gasteiger partial charge on any atom is 0.127 e. The van der Waals surface area contributed by atoms with Gasteiger partial charge in [0, 0.05) is 0 Å². The van der Waals surface area contributed by atoms with E-state index in [2.05, 4.69) is 6.07 Å². The summed E-state index contributed by atoms with van der Waals surface area (Å²) < 4.78 is 12.9. The van der Waals surface area contributed by atoms with E-state index in [0.29, 0.717) is 0 Å². The molecule has 0 N–H and O–H groups in total. The van der Waals surface area contributed by atoms with E-state index in [4.69, 9.17) is 0 Å². The molecular weight excluding hydrogens is 139 g/mol. The summed E-state index contributed by atoms with van der Waals surface area (Å²) in [6.07, 6.45) is 1.68. The molecule has 0 unspecified atom stereocenters.